The number of thiophene rings is 2. The van der Waals surface area contributed by atoms with E-state index in [9.17, 15) is 14.7 Å². The molecule has 0 bridgehead atoms. The van der Waals surface area contributed by atoms with Crippen LogP contribution in [0, 0.1) is 0 Å². The van der Waals surface area contributed by atoms with E-state index in [0.717, 1.165) is 0 Å². The maximum Gasteiger partial charge on any atom is 0.313 e. The number of amides is 2. The molecule has 2 aromatic heterocycles. The highest BCUT2D eigenvalue weighted by atomic mass is 32.1. The molecule has 3 aromatic rings. The Labute approximate surface area is 175 Å². The highest BCUT2D eigenvalue weighted by Crippen LogP contribution is 2.33. The first-order valence-corrected chi connectivity index (χ1v) is 10.4. The van der Waals surface area contributed by atoms with Gasteiger partial charge < -0.3 is 25.2 Å². The monoisotopic (exact) mass is 432 g/mol. The summed E-state index contributed by atoms with van der Waals surface area (Å²) in [7, 11) is 2.95. The molecule has 1 atom stereocenters. The van der Waals surface area contributed by atoms with Crippen LogP contribution in [0.5, 0.6) is 11.5 Å². The first-order valence-electron chi connectivity index (χ1n) is 8.58. The first kappa shape index (κ1) is 20.8. The van der Waals surface area contributed by atoms with Gasteiger partial charge in [0, 0.05) is 16.5 Å². The maximum atomic E-state index is 12.4. The minimum Gasteiger partial charge on any atom is -0.497 e. The van der Waals surface area contributed by atoms with Crippen LogP contribution in [0.3, 0.4) is 0 Å². The Balaban J connectivity index is 1.72. The van der Waals surface area contributed by atoms with Gasteiger partial charge in [-0.2, -0.15) is 11.3 Å². The Kier molecular flexibility index (Phi) is 6.53. The molecule has 3 rings (SSSR count). The fourth-order valence-electron chi connectivity index (χ4n) is 2.72. The summed E-state index contributed by atoms with van der Waals surface area (Å²) in [6.45, 7) is -0.147. The van der Waals surface area contributed by atoms with Crippen molar-refractivity contribution < 1.29 is 24.2 Å². The number of nitrogens with one attached hydrogen (secondary N) is 2. The molecule has 0 aliphatic carbocycles. The zero-order chi connectivity index (χ0) is 20.9. The standard InChI is InChI=1S/C20H20N2O5S2/c1-26-14-5-6-16(27-2)15(10-14)22-19(24)18(23)21-12-20(25,13-7-9-28-11-13)17-4-3-8-29-17/h3-11,25H,12H2,1-2H3,(H,21,23)(H,22,24). The lowest BCUT2D eigenvalue weighted by Crippen LogP contribution is -2.44. The van der Waals surface area contributed by atoms with Crippen LogP contribution in [0.2, 0.25) is 0 Å². The van der Waals surface area contributed by atoms with E-state index >= 15 is 0 Å². The maximum absolute atomic E-state index is 12.4. The average Bonchev–Trinajstić information content (AvgIpc) is 3.46. The van der Waals surface area contributed by atoms with E-state index in [-0.39, 0.29) is 6.54 Å². The number of ether oxygens (including phenoxy) is 2. The van der Waals surface area contributed by atoms with Crippen molar-refractivity contribution in [2.75, 3.05) is 26.1 Å². The third-order valence-electron chi connectivity index (χ3n) is 4.29. The van der Waals surface area contributed by atoms with Gasteiger partial charge in [-0.3, -0.25) is 9.59 Å². The number of aliphatic hydroxyl groups is 1. The summed E-state index contributed by atoms with van der Waals surface area (Å²) >= 11 is 2.81. The van der Waals surface area contributed by atoms with Gasteiger partial charge in [0.2, 0.25) is 0 Å². The van der Waals surface area contributed by atoms with Gasteiger partial charge in [0.15, 0.2) is 0 Å². The van der Waals surface area contributed by atoms with E-state index in [0.29, 0.717) is 27.6 Å². The van der Waals surface area contributed by atoms with Crippen LogP contribution in [0.1, 0.15) is 10.4 Å². The van der Waals surface area contributed by atoms with Crippen molar-refractivity contribution in [2.24, 2.45) is 0 Å². The summed E-state index contributed by atoms with van der Waals surface area (Å²) in [5.74, 6) is -0.859. The highest BCUT2D eigenvalue weighted by Gasteiger charge is 2.34. The van der Waals surface area contributed by atoms with Gasteiger partial charge in [-0.1, -0.05) is 6.07 Å². The van der Waals surface area contributed by atoms with E-state index < -0.39 is 17.4 Å². The van der Waals surface area contributed by atoms with Gasteiger partial charge in [0.1, 0.15) is 17.1 Å². The number of anilines is 1. The van der Waals surface area contributed by atoms with Crippen LogP contribution >= 0.6 is 22.7 Å². The topological polar surface area (TPSA) is 96.9 Å². The van der Waals surface area contributed by atoms with Gasteiger partial charge >= 0.3 is 11.8 Å². The minimum atomic E-state index is -1.42. The van der Waals surface area contributed by atoms with Crippen molar-refractivity contribution in [1.29, 1.82) is 0 Å². The predicted molar refractivity (Wildman–Crippen MR) is 113 cm³/mol. The molecule has 0 fully saturated rings. The quantitative estimate of drug-likeness (QED) is 0.499. The Morgan fingerprint density at radius 3 is 2.55 bits per heavy atom. The third-order valence-corrected chi connectivity index (χ3v) is 6.00. The lowest BCUT2D eigenvalue weighted by Gasteiger charge is -2.26. The lowest BCUT2D eigenvalue weighted by atomic mass is 9.94. The zero-order valence-electron chi connectivity index (χ0n) is 15.8. The molecular weight excluding hydrogens is 412 g/mol. The summed E-state index contributed by atoms with van der Waals surface area (Å²) < 4.78 is 10.3. The molecule has 152 valence electrons. The molecule has 7 nitrogen and oxygen atoms in total. The first-order chi connectivity index (χ1) is 14.0. The fourth-order valence-corrected chi connectivity index (χ4v) is 4.29. The number of methoxy groups -OCH3 is 2. The number of carbonyl (C=O) groups is 2. The molecule has 9 heteroatoms. The largest absolute Gasteiger partial charge is 0.497 e. The van der Waals surface area contributed by atoms with E-state index in [1.54, 1.807) is 30.3 Å². The SMILES string of the molecule is COc1ccc(OC)c(NC(=O)C(=O)NCC(O)(c2ccsc2)c2cccs2)c1. The molecule has 0 aliphatic rings. The van der Waals surface area contributed by atoms with Gasteiger partial charge in [0.05, 0.1) is 26.5 Å². The molecule has 1 aromatic carbocycles. The second-order valence-corrected chi connectivity index (χ2v) is 7.78. The number of hydrogen-bond donors (Lipinski definition) is 3. The van der Waals surface area contributed by atoms with Gasteiger partial charge in [0.25, 0.3) is 0 Å². The summed E-state index contributed by atoms with van der Waals surface area (Å²) in [5, 5.41) is 21.8. The van der Waals surface area contributed by atoms with Gasteiger partial charge in [-0.15, -0.1) is 11.3 Å². The highest BCUT2D eigenvalue weighted by molar-refractivity contribution is 7.10. The molecule has 0 radical (unpaired) electrons. The zero-order valence-corrected chi connectivity index (χ0v) is 17.4. The van der Waals surface area contributed by atoms with Crippen molar-refractivity contribution in [3.8, 4) is 11.5 Å². The van der Waals surface area contributed by atoms with Crippen molar-refractivity contribution in [2.45, 2.75) is 5.60 Å². The van der Waals surface area contributed by atoms with Crippen molar-refractivity contribution in [3.63, 3.8) is 0 Å². The Bertz CT molecular complexity index is 937. The normalized spacial score (nSPS) is 12.7. The van der Waals surface area contributed by atoms with Crippen molar-refractivity contribution >= 4 is 40.2 Å². The van der Waals surface area contributed by atoms with E-state index in [1.807, 2.05) is 22.2 Å². The van der Waals surface area contributed by atoms with Gasteiger partial charge in [-0.05, 0) is 40.4 Å². The van der Waals surface area contributed by atoms with E-state index in [1.165, 1.54) is 36.9 Å². The summed E-state index contributed by atoms with van der Waals surface area (Å²) in [5.41, 5.74) is -0.462. The molecule has 0 saturated carbocycles. The van der Waals surface area contributed by atoms with Crippen LogP contribution < -0.4 is 20.1 Å². The van der Waals surface area contributed by atoms with Crippen LogP contribution in [0.25, 0.3) is 0 Å². The van der Waals surface area contributed by atoms with Crippen molar-refractivity contribution in [3.05, 3.63) is 63.0 Å². The number of hydrogen-bond acceptors (Lipinski definition) is 7. The number of rotatable bonds is 7. The molecule has 0 saturated heterocycles. The Morgan fingerprint density at radius 2 is 1.93 bits per heavy atom. The van der Waals surface area contributed by atoms with Crippen LogP contribution in [0.4, 0.5) is 5.69 Å². The smallest absolute Gasteiger partial charge is 0.313 e. The summed E-state index contributed by atoms with van der Waals surface area (Å²) in [6.07, 6.45) is 0. The molecule has 2 amide bonds. The Hall–Kier alpha value is -2.88. The third kappa shape index (κ3) is 4.58. The van der Waals surface area contributed by atoms with E-state index in [2.05, 4.69) is 10.6 Å². The number of benzene rings is 1. The Morgan fingerprint density at radius 1 is 1.10 bits per heavy atom. The summed E-state index contributed by atoms with van der Waals surface area (Å²) in [6, 6.07) is 10.3. The molecular formula is C20H20N2O5S2. The second-order valence-electron chi connectivity index (χ2n) is 6.05. The molecule has 2 heterocycles. The predicted octanol–water partition coefficient (Wildman–Crippen LogP) is 2.82. The lowest BCUT2D eigenvalue weighted by molar-refractivity contribution is -0.136. The molecule has 0 spiro atoms. The summed E-state index contributed by atoms with van der Waals surface area (Å²) in [4.78, 5) is 25.4. The minimum absolute atomic E-state index is 0.147. The molecule has 29 heavy (non-hydrogen) atoms. The molecule has 3 N–H and O–H groups in total. The fraction of sp³-hybridized carbons (Fsp3) is 0.200. The number of carbonyl (C=O) groups excluding carboxylic acids is 2. The van der Waals surface area contributed by atoms with Crippen LogP contribution in [-0.4, -0.2) is 37.7 Å². The van der Waals surface area contributed by atoms with E-state index in [4.69, 9.17) is 9.47 Å². The molecule has 0 aliphatic heterocycles. The van der Waals surface area contributed by atoms with Gasteiger partial charge in [-0.25, -0.2) is 0 Å². The van der Waals surface area contributed by atoms with Crippen molar-refractivity contribution in [1.82, 2.24) is 5.32 Å². The average molecular weight is 433 g/mol. The van der Waals surface area contributed by atoms with Crippen LogP contribution in [-0.2, 0) is 15.2 Å². The van der Waals surface area contributed by atoms with Crippen LogP contribution in [0.15, 0.2) is 52.5 Å². The second kappa shape index (κ2) is 9.08. The molecule has 1 unspecified atom stereocenters.